The van der Waals surface area contributed by atoms with Crippen molar-refractivity contribution in [3.05, 3.63) is 27.5 Å². The first kappa shape index (κ1) is 14.8. The molecule has 1 saturated heterocycles. The van der Waals surface area contributed by atoms with E-state index in [1.165, 1.54) is 11.3 Å². The van der Waals surface area contributed by atoms with Crippen LogP contribution in [0.5, 0.6) is 0 Å². The summed E-state index contributed by atoms with van der Waals surface area (Å²) in [4.78, 5) is 15.3. The zero-order chi connectivity index (χ0) is 15.0. The van der Waals surface area contributed by atoms with Gasteiger partial charge < -0.3 is 16.0 Å². The standard InChI is InChI=1S/C15H18BrN3OS/c1-19-5-4-9(8-19)7-18-15(20)14-13(17)11-6-10(16)2-3-12(11)21-14/h2-3,6,9H,4-5,7-8,17H2,1H3,(H,18,20). The fourth-order valence-corrected chi connectivity index (χ4v) is 4.15. The first-order valence-corrected chi connectivity index (χ1v) is 8.60. The average Bonchev–Trinajstić information content (AvgIpc) is 3.01. The number of hydrogen-bond acceptors (Lipinski definition) is 4. The molecule has 1 aliphatic rings. The van der Waals surface area contributed by atoms with Crippen LogP contribution < -0.4 is 11.1 Å². The monoisotopic (exact) mass is 367 g/mol. The van der Waals surface area contributed by atoms with Gasteiger partial charge in [0.2, 0.25) is 0 Å². The third-order valence-electron chi connectivity index (χ3n) is 3.93. The van der Waals surface area contributed by atoms with E-state index in [-0.39, 0.29) is 5.91 Å². The van der Waals surface area contributed by atoms with E-state index in [0.717, 1.165) is 40.6 Å². The first-order chi connectivity index (χ1) is 10.0. The van der Waals surface area contributed by atoms with E-state index >= 15 is 0 Å². The predicted octanol–water partition coefficient (Wildman–Crippen LogP) is 2.93. The molecule has 2 aromatic rings. The van der Waals surface area contributed by atoms with Crippen molar-refractivity contribution in [2.24, 2.45) is 5.92 Å². The molecular weight excluding hydrogens is 350 g/mol. The van der Waals surface area contributed by atoms with E-state index < -0.39 is 0 Å². The molecule has 0 saturated carbocycles. The number of nitrogen functional groups attached to an aromatic ring is 1. The number of thiophene rings is 1. The van der Waals surface area contributed by atoms with Crippen LogP contribution >= 0.6 is 27.3 Å². The molecule has 2 heterocycles. The van der Waals surface area contributed by atoms with Crippen molar-refractivity contribution >= 4 is 48.9 Å². The van der Waals surface area contributed by atoms with Gasteiger partial charge in [-0.15, -0.1) is 11.3 Å². The lowest BCUT2D eigenvalue weighted by atomic mass is 10.1. The second kappa shape index (κ2) is 5.94. The summed E-state index contributed by atoms with van der Waals surface area (Å²) in [5.74, 6) is 0.489. The number of carbonyl (C=O) groups excluding carboxylic acids is 1. The molecule has 112 valence electrons. The molecule has 1 unspecified atom stereocenters. The largest absolute Gasteiger partial charge is 0.397 e. The molecule has 1 atom stereocenters. The third kappa shape index (κ3) is 3.07. The fraction of sp³-hybridized carbons (Fsp3) is 0.400. The van der Waals surface area contributed by atoms with Gasteiger partial charge in [-0.3, -0.25) is 4.79 Å². The minimum absolute atomic E-state index is 0.0561. The number of fused-ring (bicyclic) bond motifs is 1. The summed E-state index contributed by atoms with van der Waals surface area (Å²) in [6, 6.07) is 5.92. The minimum atomic E-state index is -0.0561. The van der Waals surface area contributed by atoms with Crippen LogP contribution in [0.15, 0.2) is 22.7 Å². The van der Waals surface area contributed by atoms with E-state index in [1.54, 1.807) is 0 Å². The highest BCUT2D eigenvalue weighted by Crippen LogP contribution is 2.35. The third-order valence-corrected chi connectivity index (χ3v) is 5.61. The van der Waals surface area contributed by atoms with Gasteiger partial charge in [0.15, 0.2) is 0 Å². The zero-order valence-corrected chi connectivity index (χ0v) is 14.3. The van der Waals surface area contributed by atoms with Crippen molar-refractivity contribution in [1.29, 1.82) is 0 Å². The summed E-state index contributed by atoms with van der Waals surface area (Å²) in [6.07, 6.45) is 1.14. The van der Waals surface area contributed by atoms with Crippen LogP contribution in [0.1, 0.15) is 16.1 Å². The normalized spacial score (nSPS) is 19.2. The van der Waals surface area contributed by atoms with Crippen molar-refractivity contribution in [3.63, 3.8) is 0 Å². The maximum Gasteiger partial charge on any atom is 0.263 e. The summed E-state index contributed by atoms with van der Waals surface area (Å²) >= 11 is 4.89. The quantitative estimate of drug-likeness (QED) is 0.876. The lowest BCUT2D eigenvalue weighted by Gasteiger charge is -2.11. The van der Waals surface area contributed by atoms with Crippen LogP contribution in [0.3, 0.4) is 0 Å². The number of anilines is 1. The molecule has 1 amide bonds. The Morgan fingerprint density at radius 2 is 2.38 bits per heavy atom. The van der Waals surface area contributed by atoms with E-state index in [2.05, 4.69) is 33.2 Å². The predicted molar refractivity (Wildman–Crippen MR) is 91.9 cm³/mol. The van der Waals surface area contributed by atoms with Crippen molar-refractivity contribution < 1.29 is 4.79 Å². The van der Waals surface area contributed by atoms with Gasteiger partial charge in [-0.05, 0) is 44.1 Å². The Balaban J connectivity index is 1.74. The van der Waals surface area contributed by atoms with Crippen LogP contribution in [0, 0.1) is 5.92 Å². The van der Waals surface area contributed by atoms with E-state index in [1.807, 2.05) is 18.2 Å². The van der Waals surface area contributed by atoms with Crippen molar-refractivity contribution in [2.75, 3.05) is 32.4 Å². The molecule has 0 radical (unpaired) electrons. The van der Waals surface area contributed by atoms with Gasteiger partial charge in [-0.25, -0.2) is 0 Å². The molecule has 3 N–H and O–H groups in total. The van der Waals surface area contributed by atoms with Gasteiger partial charge >= 0.3 is 0 Å². The van der Waals surface area contributed by atoms with Gasteiger partial charge in [0, 0.05) is 27.6 Å². The number of carbonyl (C=O) groups is 1. The SMILES string of the molecule is CN1CCC(CNC(=O)c2sc3ccc(Br)cc3c2N)C1. The van der Waals surface area contributed by atoms with Gasteiger partial charge in [-0.1, -0.05) is 15.9 Å². The van der Waals surface area contributed by atoms with Crippen molar-refractivity contribution in [1.82, 2.24) is 10.2 Å². The highest BCUT2D eigenvalue weighted by Gasteiger charge is 2.21. The maximum absolute atomic E-state index is 12.4. The number of rotatable bonds is 3. The Labute approximate surface area is 136 Å². The van der Waals surface area contributed by atoms with Crippen LogP contribution in [0.25, 0.3) is 10.1 Å². The van der Waals surface area contributed by atoms with E-state index in [9.17, 15) is 4.79 Å². The van der Waals surface area contributed by atoms with Gasteiger partial charge in [-0.2, -0.15) is 0 Å². The van der Waals surface area contributed by atoms with Gasteiger partial charge in [0.05, 0.1) is 5.69 Å². The maximum atomic E-state index is 12.4. The molecule has 21 heavy (non-hydrogen) atoms. The van der Waals surface area contributed by atoms with Crippen LogP contribution in [-0.4, -0.2) is 37.5 Å². The number of hydrogen-bond donors (Lipinski definition) is 2. The molecular formula is C15H18BrN3OS. The number of benzene rings is 1. The molecule has 1 aromatic heterocycles. The molecule has 4 nitrogen and oxygen atoms in total. The molecule has 1 fully saturated rings. The summed E-state index contributed by atoms with van der Waals surface area (Å²) in [6.45, 7) is 2.88. The second-order valence-electron chi connectivity index (χ2n) is 5.61. The summed E-state index contributed by atoms with van der Waals surface area (Å²) in [7, 11) is 2.11. The molecule has 0 aliphatic carbocycles. The number of likely N-dealkylation sites (tertiary alicyclic amines) is 1. The highest BCUT2D eigenvalue weighted by molar-refractivity contribution is 9.10. The zero-order valence-electron chi connectivity index (χ0n) is 11.9. The fourth-order valence-electron chi connectivity index (χ4n) is 2.77. The lowest BCUT2D eigenvalue weighted by Crippen LogP contribution is -2.30. The van der Waals surface area contributed by atoms with E-state index in [4.69, 9.17) is 5.73 Å². The Kier molecular flexibility index (Phi) is 4.19. The number of amides is 1. The lowest BCUT2D eigenvalue weighted by molar-refractivity contribution is 0.0952. The summed E-state index contributed by atoms with van der Waals surface area (Å²) in [5.41, 5.74) is 6.72. The Morgan fingerprint density at radius 1 is 1.57 bits per heavy atom. The Morgan fingerprint density at radius 3 is 3.10 bits per heavy atom. The number of nitrogens with two attached hydrogens (primary N) is 1. The summed E-state index contributed by atoms with van der Waals surface area (Å²) in [5, 5.41) is 3.98. The second-order valence-corrected chi connectivity index (χ2v) is 7.58. The van der Waals surface area contributed by atoms with Crippen LogP contribution in [0.2, 0.25) is 0 Å². The smallest absolute Gasteiger partial charge is 0.263 e. The molecule has 1 aromatic carbocycles. The minimum Gasteiger partial charge on any atom is -0.397 e. The molecule has 3 rings (SSSR count). The van der Waals surface area contributed by atoms with Crippen molar-refractivity contribution in [2.45, 2.75) is 6.42 Å². The highest BCUT2D eigenvalue weighted by atomic mass is 79.9. The summed E-state index contributed by atoms with van der Waals surface area (Å²) < 4.78 is 2.02. The topological polar surface area (TPSA) is 58.4 Å². The van der Waals surface area contributed by atoms with Gasteiger partial charge in [0.25, 0.3) is 5.91 Å². The first-order valence-electron chi connectivity index (χ1n) is 6.99. The number of halogens is 1. The van der Waals surface area contributed by atoms with E-state index in [0.29, 0.717) is 16.5 Å². The Hall–Kier alpha value is -1.11. The molecule has 6 heteroatoms. The van der Waals surface area contributed by atoms with Crippen LogP contribution in [-0.2, 0) is 0 Å². The van der Waals surface area contributed by atoms with Crippen molar-refractivity contribution in [3.8, 4) is 0 Å². The molecule has 0 bridgehead atoms. The van der Waals surface area contributed by atoms with Crippen LogP contribution in [0.4, 0.5) is 5.69 Å². The molecule has 1 aliphatic heterocycles. The van der Waals surface area contributed by atoms with Gasteiger partial charge in [0.1, 0.15) is 4.88 Å². The average molecular weight is 368 g/mol. The number of nitrogens with zero attached hydrogens (tertiary/aromatic N) is 1. The Bertz CT molecular complexity index is 685. The molecule has 0 spiro atoms. The number of nitrogens with one attached hydrogen (secondary N) is 1.